The van der Waals surface area contributed by atoms with Crippen LogP contribution in [0, 0.1) is 6.92 Å². The number of nitrogens with zero attached hydrogens (tertiary/aromatic N) is 2. The molecule has 0 bridgehead atoms. The average Bonchev–Trinajstić information content (AvgIpc) is 3.11. The number of aromatic nitrogens is 2. The SMILES string of the molecule is CCOC(=O)c1ccc(NC(=S)Nc2ccn(Cc3ccc(C)cc3)n2)cc1. The number of rotatable bonds is 6. The minimum Gasteiger partial charge on any atom is -0.462 e. The maximum absolute atomic E-state index is 11.7. The van der Waals surface area contributed by atoms with E-state index < -0.39 is 0 Å². The molecule has 1 heterocycles. The molecule has 0 spiro atoms. The predicted molar refractivity (Wildman–Crippen MR) is 115 cm³/mol. The summed E-state index contributed by atoms with van der Waals surface area (Å²) in [5, 5.41) is 11.0. The molecule has 0 radical (unpaired) electrons. The van der Waals surface area contributed by atoms with Crippen molar-refractivity contribution in [1.82, 2.24) is 9.78 Å². The summed E-state index contributed by atoms with van der Waals surface area (Å²) in [6.45, 7) is 4.89. The molecule has 6 nitrogen and oxygen atoms in total. The molecule has 0 atom stereocenters. The number of thiocarbonyl (C=S) groups is 1. The highest BCUT2D eigenvalue weighted by Crippen LogP contribution is 2.12. The average molecular weight is 395 g/mol. The minimum atomic E-state index is -0.339. The maximum Gasteiger partial charge on any atom is 0.338 e. The molecular formula is C21H22N4O2S. The first kappa shape index (κ1) is 19.6. The molecule has 3 aromatic rings. The smallest absolute Gasteiger partial charge is 0.338 e. The van der Waals surface area contributed by atoms with Gasteiger partial charge in [-0.3, -0.25) is 4.68 Å². The van der Waals surface area contributed by atoms with Crippen LogP contribution in [0.2, 0.25) is 0 Å². The number of anilines is 2. The van der Waals surface area contributed by atoms with E-state index in [0.29, 0.717) is 29.6 Å². The summed E-state index contributed by atoms with van der Waals surface area (Å²) in [6.07, 6.45) is 1.90. The zero-order chi connectivity index (χ0) is 19.9. The van der Waals surface area contributed by atoms with E-state index in [0.717, 1.165) is 5.69 Å². The van der Waals surface area contributed by atoms with Crippen LogP contribution in [0.1, 0.15) is 28.4 Å². The zero-order valence-corrected chi connectivity index (χ0v) is 16.6. The highest BCUT2D eigenvalue weighted by molar-refractivity contribution is 7.80. The van der Waals surface area contributed by atoms with E-state index >= 15 is 0 Å². The highest BCUT2D eigenvalue weighted by Gasteiger charge is 2.07. The van der Waals surface area contributed by atoms with Crippen LogP contribution in [0.5, 0.6) is 0 Å². The Morgan fingerprint density at radius 1 is 1.07 bits per heavy atom. The first-order valence-electron chi connectivity index (χ1n) is 8.97. The minimum absolute atomic E-state index is 0.339. The van der Waals surface area contributed by atoms with Gasteiger partial charge in [-0.05, 0) is 55.9 Å². The molecule has 0 fully saturated rings. The number of aryl methyl sites for hydroxylation is 1. The number of ether oxygens (including phenoxy) is 1. The van der Waals surface area contributed by atoms with Crippen LogP contribution < -0.4 is 10.6 Å². The maximum atomic E-state index is 11.7. The number of hydrogen-bond donors (Lipinski definition) is 2. The van der Waals surface area contributed by atoms with Crippen LogP contribution in [0.25, 0.3) is 0 Å². The van der Waals surface area contributed by atoms with Gasteiger partial charge >= 0.3 is 5.97 Å². The third kappa shape index (κ3) is 5.40. The Kier molecular flexibility index (Phi) is 6.39. The van der Waals surface area contributed by atoms with Gasteiger partial charge in [-0.1, -0.05) is 29.8 Å². The van der Waals surface area contributed by atoms with Crippen molar-refractivity contribution in [3.8, 4) is 0 Å². The first-order chi connectivity index (χ1) is 13.5. The molecule has 0 unspecified atom stereocenters. The summed E-state index contributed by atoms with van der Waals surface area (Å²) in [4.78, 5) is 11.7. The van der Waals surface area contributed by atoms with E-state index in [4.69, 9.17) is 17.0 Å². The van der Waals surface area contributed by atoms with Gasteiger partial charge in [0.05, 0.1) is 18.7 Å². The van der Waals surface area contributed by atoms with Crippen molar-refractivity contribution in [2.45, 2.75) is 20.4 Å². The van der Waals surface area contributed by atoms with Crippen molar-refractivity contribution in [2.75, 3.05) is 17.2 Å². The Bertz CT molecular complexity index is 949. The summed E-state index contributed by atoms with van der Waals surface area (Å²) in [5.74, 6) is 0.321. The molecule has 28 heavy (non-hydrogen) atoms. The molecule has 7 heteroatoms. The fourth-order valence-electron chi connectivity index (χ4n) is 2.58. The van der Waals surface area contributed by atoms with Crippen molar-refractivity contribution in [3.63, 3.8) is 0 Å². The second-order valence-corrected chi connectivity index (χ2v) is 6.67. The van der Waals surface area contributed by atoms with E-state index in [2.05, 4.69) is 46.9 Å². The Balaban J connectivity index is 1.54. The van der Waals surface area contributed by atoms with Gasteiger partial charge in [-0.25, -0.2) is 4.79 Å². The van der Waals surface area contributed by atoms with Crippen molar-refractivity contribution in [3.05, 3.63) is 77.5 Å². The van der Waals surface area contributed by atoms with E-state index in [9.17, 15) is 4.79 Å². The van der Waals surface area contributed by atoms with E-state index in [-0.39, 0.29) is 5.97 Å². The highest BCUT2D eigenvalue weighted by atomic mass is 32.1. The molecule has 0 aliphatic carbocycles. The molecule has 2 N–H and O–H groups in total. The van der Waals surface area contributed by atoms with Crippen molar-refractivity contribution < 1.29 is 9.53 Å². The largest absolute Gasteiger partial charge is 0.462 e. The lowest BCUT2D eigenvalue weighted by Gasteiger charge is -2.09. The topological polar surface area (TPSA) is 68.2 Å². The lowest BCUT2D eigenvalue weighted by Crippen LogP contribution is -2.19. The van der Waals surface area contributed by atoms with Gasteiger partial charge in [0.15, 0.2) is 10.9 Å². The summed E-state index contributed by atoms with van der Waals surface area (Å²) in [5.41, 5.74) is 3.69. The summed E-state index contributed by atoms with van der Waals surface area (Å²) in [6, 6.07) is 17.2. The normalized spacial score (nSPS) is 10.4. The van der Waals surface area contributed by atoms with Crippen LogP contribution in [-0.4, -0.2) is 27.5 Å². The van der Waals surface area contributed by atoms with Gasteiger partial charge in [0, 0.05) is 18.0 Å². The van der Waals surface area contributed by atoms with E-state index in [1.165, 1.54) is 11.1 Å². The molecule has 3 rings (SSSR count). The number of hydrogen-bond acceptors (Lipinski definition) is 4. The van der Waals surface area contributed by atoms with Crippen molar-refractivity contribution in [1.29, 1.82) is 0 Å². The summed E-state index contributed by atoms with van der Waals surface area (Å²) < 4.78 is 6.82. The van der Waals surface area contributed by atoms with Crippen LogP contribution in [0.3, 0.4) is 0 Å². The Morgan fingerprint density at radius 3 is 2.46 bits per heavy atom. The molecule has 0 aliphatic heterocycles. The van der Waals surface area contributed by atoms with Crippen LogP contribution >= 0.6 is 12.2 Å². The van der Waals surface area contributed by atoms with Crippen LogP contribution in [0.4, 0.5) is 11.5 Å². The first-order valence-corrected chi connectivity index (χ1v) is 9.38. The standard InChI is InChI=1S/C21H22N4O2S/c1-3-27-20(26)17-8-10-18(11-9-17)22-21(28)23-19-12-13-25(24-19)14-16-6-4-15(2)5-7-16/h4-13H,3,14H2,1-2H3,(H2,22,23,24,28). The molecule has 0 amide bonds. The monoisotopic (exact) mass is 394 g/mol. The fourth-order valence-corrected chi connectivity index (χ4v) is 2.80. The van der Waals surface area contributed by atoms with Gasteiger partial charge in [0.25, 0.3) is 0 Å². The molecule has 0 saturated heterocycles. The Labute approximate surface area is 169 Å². The second-order valence-electron chi connectivity index (χ2n) is 6.26. The van der Waals surface area contributed by atoms with Gasteiger partial charge in [0.2, 0.25) is 0 Å². The van der Waals surface area contributed by atoms with Gasteiger partial charge < -0.3 is 15.4 Å². The van der Waals surface area contributed by atoms with Gasteiger partial charge in [-0.2, -0.15) is 5.10 Å². The zero-order valence-electron chi connectivity index (χ0n) is 15.8. The quantitative estimate of drug-likeness (QED) is 0.482. The number of esters is 1. The van der Waals surface area contributed by atoms with E-state index in [1.807, 2.05) is 16.9 Å². The predicted octanol–water partition coefficient (Wildman–Crippen LogP) is 4.23. The van der Waals surface area contributed by atoms with Crippen LogP contribution in [-0.2, 0) is 11.3 Å². The number of carbonyl (C=O) groups is 1. The Hall–Kier alpha value is -3.19. The third-order valence-corrected chi connectivity index (χ3v) is 4.21. The Morgan fingerprint density at radius 2 is 1.79 bits per heavy atom. The molecular weight excluding hydrogens is 372 g/mol. The number of nitrogens with one attached hydrogen (secondary N) is 2. The summed E-state index contributed by atoms with van der Waals surface area (Å²) in [7, 11) is 0. The lowest BCUT2D eigenvalue weighted by molar-refractivity contribution is 0.0526. The molecule has 0 aliphatic rings. The number of benzene rings is 2. The van der Waals surface area contributed by atoms with Gasteiger partial charge in [-0.15, -0.1) is 0 Å². The van der Waals surface area contributed by atoms with E-state index in [1.54, 1.807) is 31.2 Å². The van der Waals surface area contributed by atoms with Crippen molar-refractivity contribution >= 4 is 34.8 Å². The molecule has 144 valence electrons. The van der Waals surface area contributed by atoms with Crippen molar-refractivity contribution in [2.24, 2.45) is 0 Å². The fraction of sp³-hybridized carbons (Fsp3) is 0.190. The number of carbonyl (C=O) groups excluding carboxylic acids is 1. The van der Waals surface area contributed by atoms with Crippen LogP contribution in [0.15, 0.2) is 60.8 Å². The third-order valence-electron chi connectivity index (χ3n) is 4.00. The van der Waals surface area contributed by atoms with Gasteiger partial charge in [0.1, 0.15) is 0 Å². The summed E-state index contributed by atoms with van der Waals surface area (Å²) >= 11 is 5.33. The molecule has 2 aromatic carbocycles. The molecule has 0 saturated carbocycles. The second kappa shape index (κ2) is 9.14. The molecule has 1 aromatic heterocycles. The lowest BCUT2D eigenvalue weighted by atomic mass is 10.1.